The van der Waals surface area contributed by atoms with Crippen LogP contribution in [0.1, 0.15) is 28.8 Å². The van der Waals surface area contributed by atoms with E-state index < -0.39 is 6.04 Å². The van der Waals surface area contributed by atoms with Crippen molar-refractivity contribution in [3.05, 3.63) is 89.7 Å². The molecule has 2 amide bonds. The fraction of sp³-hybridized carbons (Fsp3) is 0.231. The van der Waals surface area contributed by atoms with Crippen molar-refractivity contribution >= 4 is 11.8 Å². The molecule has 1 heterocycles. The number of halogens is 1. The number of nitrogens with one attached hydrogen (secondary N) is 1. The first-order chi connectivity index (χ1) is 15.6. The molecular weight excluding hydrogens is 407 g/mol. The zero-order valence-corrected chi connectivity index (χ0v) is 17.9. The van der Waals surface area contributed by atoms with E-state index in [4.69, 9.17) is 4.74 Å². The highest BCUT2D eigenvalue weighted by atomic mass is 19.1. The van der Waals surface area contributed by atoms with Crippen LogP contribution in [-0.2, 0) is 11.3 Å². The second-order valence-electron chi connectivity index (χ2n) is 7.75. The molecule has 164 valence electrons. The standard InChI is InChI=1S/C26H25FN2O3/c1-32-24-14-5-3-11-21(24)18-9-6-10-19(16-18)26(31)29-15-7-13-23(29)25(30)28-17-20-8-2-4-12-22(20)27/h2-6,8-12,14,16,23H,7,13,15,17H2,1H3,(H,28,30)/t23-/m0/s1. The molecule has 0 aromatic heterocycles. The van der Waals surface area contributed by atoms with Gasteiger partial charge in [0, 0.05) is 29.8 Å². The Morgan fingerprint density at radius 3 is 2.66 bits per heavy atom. The molecule has 1 aliphatic heterocycles. The molecule has 1 saturated heterocycles. The summed E-state index contributed by atoms with van der Waals surface area (Å²) in [5, 5.41) is 2.78. The number of para-hydroxylation sites is 1. The zero-order valence-electron chi connectivity index (χ0n) is 17.9. The van der Waals surface area contributed by atoms with Crippen LogP contribution >= 0.6 is 0 Å². The van der Waals surface area contributed by atoms with Crippen molar-refractivity contribution in [3.63, 3.8) is 0 Å². The summed E-state index contributed by atoms with van der Waals surface area (Å²) in [6, 6.07) is 20.7. The van der Waals surface area contributed by atoms with Gasteiger partial charge in [0.1, 0.15) is 17.6 Å². The predicted molar refractivity (Wildman–Crippen MR) is 121 cm³/mol. The molecule has 0 aliphatic carbocycles. The second-order valence-corrected chi connectivity index (χ2v) is 7.75. The second kappa shape index (κ2) is 9.64. The summed E-state index contributed by atoms with van der Waals surface area (Å²) < 4.78 is 19.3. The molecule has 0 radical (unpaired) electrons. The molecule has 1 N–H and O–H groups in total. The van der Waals surface area contributed by atoms with E-state index in [-0.39, 0.29) is 24.2 Å². The molecule has 5 nitrogen and oxygen atoms in total. The van der Waals surface area contributed by atoms with Gasteiger partial charge in [-0.25, -0.2) is 4.39 Å². The molecule has 0 bridgehead atoms. The summed E-state index contributed by atoms with van der Waals surface area (Å²) in [4.78, 5) is 27.7. The van der Waals surface area contributed by atoms with Gasteiger partial charge in [-0.15, -0.1) is 0 Å². The minimum Gasteiger partial charge on any atom is -0.496 e. The van der Waals surface area contributed by atoms with Crippen LogP contribution in [0.15, 0.2) is 72.8 Å². The molecule has 3 aromatic carbocycles. The maximum atomic E-state index is 13.9. The van der Waals surface area contributed by atoms with E-state index in [0.717, 1.165) is 23.3 Å². The summed E-state index contributed by atoms with van der Waals surface area (Å²) in [6.45, 7) is 0.600. The first-order valence-corrected chi connectivity index (χ1v) is 10.6. The van der Waals surface area contributed by atoms with Crippen molar-refractivity contribution in [2.45, 2.75) is 25.4 Å². The average Bonchev–Trinajstić information content (AvgIpc) is 3.33. The van der Waals surface area contributed by atoms with E-state index in [2.05, 4.69) is 5.32 Å². The Kier molecular flexibility index (Phi) is 6.50. The molecule has 6 heteroatoms. The predicted octanol–water partition coefficient (Wildman–Crippen LogP) is 4.42. The third kappa shape index (κ3) is 4.49. The number of methoxy groups -OCH3 is 1. The molecule has 0 saturated carbocycles. The molecule has 1 aliphatic rings. The van der Waals surface area contributed by atoms with Crippen LogP contribution < -0.4 is 10.1 Å². The number of hydrogen-bond donors (Lipinski definition) is 1. The fourth-order valence-electron chi connectivity index (χ4n) is 4.09. The fourth-order valence-corrected chi connectivity index (χ4v) is 4.09. The first-order valence-electron chi connectivity index (χ1n) is 10.6. The largest absolute Gasteiger partial charge is 0.496 e. The van der Waals surface area contributed by atoms with Gasteiger partial charge in [-0.3, -0.25) is 9.59 Å². The van der Waals surface area contributed by atoms with Gasteiger partial charge in [-0.05, 0) is 42.7 Å². The van der Waals surface area contributed by atoms with E-state index in [0.29, 0.717) is 24.1 Å². The lowest BCUT2D eigenvalue weighted by Gasteiger charge is -2.24. The quantitative estimate of drug-likeness (QED) is 0.627. The lowest BCUT2D eigenvalue weighted by atomic mass is 10.0. The summed E-state index contributed by atoms with van der Waals surface area (Å²) in [5.74, 6) is -0.0887. The normalized spacial score (nSPS) is 15.4. The van der Waals surface area contributed by atoms with Gasteiger partial charge in [-0.1, -0.05) is 48.5 Å². The van der Waals surface area contributed by atoms with Gasteiger partial charge < -0.3 is 15.0 Å². The van der Waals surface area contributed by atoms with Crippen LogP contribution in [0.4, 0.5) is 4.39 Å². The maximum Gasteiger partial charge on any atom is 0.254 e. The Morgan fingerprint density at radius 2 is 1.84 bits per heavy atom. The zero-order chi connectivity index (χ0) is 22.5. The van der Waals surface area contributed by atoms with Gasteiger partial charge in [0.25, 0.3) is 5.91 Å². The molecule has 0 unspecified atom stereocenters. The number of amides is 2. The molecule has 1 fully saturated rings. The summed E-state index contributed by atoms with van der Waals surface area (Å²) in [6.07, 6.45) is 1.33. The van der Waals surface area contributed by atoms with Crippen LogP contribution in [-0.4, -0.2) is 36.4 Å². The van der Waals surface area contributed by atoms with Gasteiger partial charge in [0.15, 0.2) is 0 Å². The molecule has 4 rings (SSSR count). The SMILES string of the molecule is COc1ccccc1-c1cccc(C(=O)N2CCC[C@H]2C(=O)NCc2ccccc2F)c1. The Balaban J connectivity index is 1.50. The van der Waals surface area contributed by atoms with Gasteiger partial charge in [0.05, 0.1) is 7.11 Å². The number of hydrogen-bond acceptors (Lipinski definition) is 3. The van der Waals surface area contributed by atoms with Crippen LogP contribution in [0.25, 0.3) is 11.1 Å². The third-order valence-corrected chi connectivity index (χ3v) is 5.75. The highest BCUT2D eigenvalue weighted by Gasteiger charge is 2.34. The lowest BCUT2D eigenvalue weighted by Crippen LogP contribution is -2.45. The Hall–Kier alpha value is -3.67. The summed E-state index contributed by atoms with van der Waals surface area (Å²) >= 11 is 0. The lowest BCUT2D eigenvalue weighted by molar-refractivity contribution is -0.125. The molecular formula is C26H25FN2O3. The van der Waals surface area contributed by atoms with Crippen molar-refractivity contribution in [1.82, 2.24) is 10.2 Å². The van der Waals surface area contributed by atoms with Crippen LogP contribution in [0, 0.1) is 5.82 Å². The molecule has 3 aromatic rings. The van der Waals surface area contributed by atoms with Crippen molar-refractivity contribution in [2.24, 2.45) is 0 Å². The first kappa shape index (κ1) is 21.6. The maximum absolute atomic E-state index is 13.9. The van der Waals surface area contributed by atoms with E-state index in [1.165, 1.54) is 6.07 Å². The minimum absolute atomic E-state index is 0.0906. The highest BCUT2D eigenvalue weighted by molar-refractivity contribution is 5.99. The van der Waals surface area contributed by atoms with Crippen LogP contribution in [0.2, 0.25) is 0 Å². The van der Waals surface area contributed by atoms with E-state index in [1.807, 2.05) is 42.5 Å². The van der Waals surface area contributed by atoms with Crippen molar-refractivity contribution in [3.8, 4) is 16.9 Å². The Labute approximate surface area is 186 Å². The summed E-state index contributed by atoms with van der Waals surface area (Å²) in [5.41, 5.74) is 2.70. The molecule has 1 atom stereocenters. The number of ether oxygens (including phenoxy) is 1. The topological polar surface area (TPSA) is 58.6 Å². The van der Waals surface area contributed by atoms with Gasteiger partial charge in [0.2, 0.25) is 5.91 Å². The van der Waals surface area contributed by atoms with Crippen molar-refractivity contribution in [2.75, 3.05) is 13.7 Å². The Morgan fingerprint density at radius 1 is 1.06 bits per heavy atom. The van der Waals surface area contributed by atoms with Crippen LogP contribution in [0.5, 0.6) is 5.75 Å². The highest BCUT2D eigenvalue weighted by Crippen LogP contribution is 2.31. The van der Waals surface area contributed by atoms with Crippen molar-refractivity contribution in [1.29, 1.82) is 0 Å². The van der Waals surface area contributed by atoms with Crippen LogP contribution in [0.3, 0.4) is 0 Å². The number of likely N-dealkylation sites (tertiary alicyclic amines) is 1. The Bertz CT molecular complexity index is 1130. The number of nitrogens with zero attached hydrogens (tertiary/aromatic N) is 1. The number of carbonyl (C=O) groups excluding carboxylic acids is 2. The smallest absolute Gasteiger partial charge is 0.254 e. The number of benzene rings is 3. The number of carbonyl (C=O) groups is 2. The number of rotatable bonds is 6. The van der Waals surface area contributed by atoms with E-state index in [1.54, 1.807) is 36.3 Å². The third-order valence-electron chi connectivity index (χ3n) is 5.75. The van der Waals surface area contributed by atoms with E-state index in [9.17, 15) is 14.0 Å². The molecule has 0 spiro atoms. The minimum atomic E-state index is -0.566. The molecule has 32 heavy (non-hydrogen) atoms. The summed E-state index contributed by atoms with van der Waals surface area (Å²) in [7, 11) is 1.61. The monoisotopic (exact) mass is 432 g/mol. The van der Waals surface area contributed by atoms with Gasteiger partial charge in [-0.2, -0.15) is 0 Å². The average molecular weight is 432 g/mol. The van der Waals surface area contributed by atoms with E-state index >= 15 is 0 Å². The van der Waals surface area contributed by atoms with Crippen molar-refractivity contribution < 1.29 is 18.7 Å². The van der Waals surface area contributed by atoms with Gasteiger partial charge >= 0.3 is 0 Å².